The van der Waals surface area contributed by atoms with Gasteiger partial charge in [-0.05, 0) is 18.9 Å². The topological polar surface area (TPSA) is 40.5 Å². The van der Waals surface area contributed by atoms with Gasteiger partial charge in [-0.3, -0.25) is 0 Å². The maximum absolute atomic E-state index is 12.3. The summed E-state index contributed by atoms with van der Waals surface area (Å²) in [5, 5.41) is 17.6. The van der Waals surface area contributed by atoms with Gasteiger partial charge in [-0.2, -0.15) is 0 Å². The molecule has 0 aromatic carbocycles. The zero-order chi connectivity index (χ0) is 6.85. The Balaban J connectivity index is 2.62. The fourth-order valence-electron chi connectivity index (χ4n) is 0.854. The minimum Gasteiger partial charge on any atom is -0.390 e. The van der Waals surface area contributed by atoms with E-state index in [0.29, 0.717) is 12.8 Å². The van der Waals surface area contributed by atoms with E-state index >= 15 is 0 Å². The van der Waals surface area contributed by atoms with Crippen molar-refractivity contribution in [2.45, 2.75) is 25.0 Å². The first-order chi connectivity index (χ1) is 4.22. The highest BCUT2D eigenvalue weighted by molar-refractivity contribution is 5.05. The van der Waals surface area contributed by atoms with Crippen molar-refractivity contribution >= 4 is 0 Å². The highest BCUT2D eigenvalue weighted by Gasteiger charge is 2.23. The van der Waals surface area contributed by atoms with Crippen molar-refractivity contribution in [1.82, 2.24) is 0 Å². The van der Waals surface area contributed by atoms with E-state index in [2.05, 4.69) is 0 Å². The van der Waals surface area contributed by atoms with Gasteiger partial charge in [0.15, 0.2) is 0 Å². The van der Waals surface area contributed by atoms with Crippen LogP contribution >= 0.6 is 0 Å². The summed E-state index contributed by atoms with van der Waals surface area (Å²) in [6.45, 7) is 0. The van der Waals surface area contributed by atoms with Gasteiger partial charge in [0.05, 0.1) is 6.10 Å². The molecule has 0 aromatic heterocycles. The summed E-state index contributed by atoms with van der Waals surface area (Å²) in [6, 6.07) is 0. The predicted molar refractivity (Wildman–Crippen MR) is 30.4 cm³/mol. The first-order valence-electron chi connectivity index (χ1n) is 2.93. The monoisotopic (exact) mass is 132 g/mol. The summed E-state index contributed by atoms with van der Waals surface area (Å²) in [5.41, 5.74) is 0. The summed E-state index contributed by atoms with van der Waals surface area (Å²) >= 11 is 0. The molecule has 52 valence electrons. The fraction of sp³-hybridized carbons (Fsp3) is 0.667. The Morgan fingerprint density at radius 1 is 1.56 bits per heavy atom. The van der Waals surface area contributed by atoms with Crippen LogP contribution in [0.5, 0.6) is 0 Å². The fourth-order valence-corrected chi connectivity index (χ4v) is 0.854. The van der Waals surface area contributed by atoms with E-state index in [-0.39, 0.29) is 0 Å². The number of halogens is 1. The Morgan fingerprint density at radius 3 is 2.67 bits per heavy atom. The van der Waals surface area contributed by atoms with Crippen LogP contribution in [-0.4, -0.2) is 22.4 Å². The van der Waals surface area contributed by atoms with E-state index < -0.39 is 18.0 Å². The lowest BCUT2D eigenvalue weighted by molar-refractivity contribution is 0.0182. The third-order valence-corrected chi connectivity index (χ3v) is 1.45. The highest BCUT2D eigenvalue weighted by Crippen LogP contribution is 2.19. The summed E-state index contributed by atoms with van der Waals surface area (Å²) in [6.07, 6.45) is 0.0875. The molecule has 0 bridgehead atoms. The normalized spacial score (nSPS) is 36.1. The second-order valence-corrected chi connectivity index (χ2v) is 2.18. The third-order valence-electron chi connectivity index (χ3n) is 1.45. The largest absolute Gasteiger partial charge is 0.390 e. The molecule has 1 rings (SSSR count). The van der Waals surface area contributed by atoms with E-state index in [1.165, 1.54) is 6.08 Å². The highest BCUT2D eigenvalue weighted by atomic mass is 19.1. The molecular formula is C6H9FO2. The SMILES string of the molecule is O[C@@H]1C(F)=CCC[C@@H]1O. The molecule has 3 heteroatoms. The van der Waals surface area contributed by atoms with Crippen molar-refractivity contribution in [3.05, 3.63) is 11.9 Å². The molecule has 2 nitrogen and oxygen atoms in total. The number of rotatable bonds is 0. The van der Waals surface area contributed by atoms with Crippen molar-refractivity contribution in [2.75, 3.05) is 0 Å². The molecule has 0 saturated heterocycles. The molecule has 0 aromatic rings. The minimum absolute atomic E-state index is 0.453. The van der Waals surface area contributed by atoms with Gasteiger partial charge in [0.2, 0.25) is 0 Å². The van der Waals surface area contributed by atoms with Gasteiger partial charge in [0.1, 0.15) is 11.9 Å². The standard InChI is InChI=1S/C6H9FO2/c7-4-2-1-3-5(8)6(4)9/h2,5-6,8-9H,1,3H2/t5-,6+/m0/s1. The van der Waals surface area contributed by atoms with Crippen LogP contribution in [0.25, 0.3) is 0 Å². The van der Waals surface area contributed by atoms with Gasteiger partial charge < -0.3 is 10.2 Å². The number of hydrogen-bond acceptors (Lipinski definition) is 2. The van der Waals surface area contributed by atoms with Crippen LogP contribution in [0, 0.1) is 0 Å². The lowest BCUT2D eigenvalue weighted by Crippen LogP contribution is -2.28. The summed E-state index contributed by atoms with van der Waals surface area (Å²) < 4.78 is 12.3. The molecule has 0 heterocycles. The van der Waals surface area contributed by atoms with Crippen LogP contribution in [0.4, 0.5) is 4.39 Å². The first kappa shape index (κ1) is 6.71. The molecule has 0 aliphatic heterocycles. The van der Waals surface area contributed by atoms with Crippen LogP contribution in [0.2, 0.25) is 0 Å². The molecule has 9 heavy (non-hydrogen) atoms. The molecule has 2 N–H and O–H groups in total. The van der Waals surface area contributed by atoms with E-state index in [0.717, 1.165) is 0 Å². The quantitative estimate of drug-likeness (QED) is 0.499. The first-order valence-corrected chi connectivity index (χ1v) is 2.93. The molecule has 1 aliphatic rings. The van der Waals surface area contributed by atoms with E-state index in [1.54, 1.807) is 0 Å². The van der Waals surface area contributed by atoms with Gasteiger partial charge in [-0.1, -0.05) is 0 Å². The molecule has 0 spiro atoms. The molecule has 0 amide bonds. The summed E-state index contributed by atoms with van der Waals surface area (Å²) in [5.74, 6) is -0.603. The molecule has 0 unspecified atom stereocenters. The Bertz CT molecular complexity index is 133. The number of aliphatic hydroxyl groups is 2. The van der Waals surface area contributed by atoms with Crippen molar-refractivity contribution in [1.29, 1.82) is 0 Å². The van der Waals surface area contributed by atoms with Crippen molar-refractivity contribution < 1.29 is 14.6 Å². The van der Waals surface area contributed by atoms with Crippen LogP contribution in [0.1, 0.15) is 12.8 Å². The van der Waals surface area contributed by atoms with Crippen molar-refractivity contribution in [3.63, 3.8) is 0 Å². The molecule has 0 saturated carbocycles. The lowest BCUT2D eigenvalue weighted by Gasteiger charge is -2.19. The van der Waals surface area contributed by atoms with Crippen LogP contribution < -0.4 is 0 Å². The third kappa shape index (κ3) is 1.28. The zero-order valence-corrected chi connectivity index (χ0v) is 4.92. The van der Waals surface area contributed by atoms with Gasteiger partial charge in [0.25, 0.3) is 0 Å². The molecule has 2 atom stereocenters. The van der Waals surface area contributed by atoms with Gasteiger partial charge in [-0.15, -0.1) is 0 Å². The Labute approximate surface area is 52.6 Å². The molecule has 0 fully saturated rings. The Hall–Kier alpha value is -0.410. The van der Waals surface area contributed by atoms with Crippen molar-refractivity contribution in [3.8, 4) is 0 Å². The van der Waals surface area contributed by atoms with E-state index in [4.69, 9.17) is 10.2 Å². The Kier molecular flexibility index (Phi) is 1.83. The minimum atomic E-state index is -1.28. The van der Waals surface area contributed by atoms with E-state index in [1.807, 2.05) is 0 Å². The number of hydrogen-bond donors (Lipinski definition) is 2. The molecule has 1 aliphatic carbocycles. The smallest absolute Gasteiger partial charge is 0.131 e. The molecule has 0 radical (unpaired) electrons. The second-order valence-electron chi connectivity index (χ2n) is 2.18. The van der Waals surface area contributed by atoms with Crippen LogP contribution in [0.3, 0.4) is 0 Å². The lowest BCUT2D eigenvalue weighted by atomic mass is 10.0. The van der Waals surface area contributed by atoms with Gasteiger partial charge in [0, 0.05) is 0 Å². The summed E-state index contributed by atoms with van der Waals surface area (Å²) in [4.78, 5) is 0. The average molecular weight is 132 g/mol. The average Bonchev–Trinajstić information content (AvgIpc) is 1.83. The van der Waals surface area contributed by atoms with Gasteiger partial charge in [-0.25, -0.2) is 4.39 Å². The predicted octanol–water partition coefficient (Wildman–Crippen LogP) is 0.355. The van der Waals surface area contributed by atoms with Gasteiger partial charge >= 0.3 is 0 Å². The second kappa shape index (κ2) is 2.45. The number of aliphatic hydroxyl groups excluding tert-OH is 2. The van der Waals surface area contributed by atoms with Crippen LogP contribution in [-0.2, 0) is 0 Å². The van der Waals surface area contributed by atoms with E-state index in [9.17, 15) is 4.39 Å². The number of allylic oxidation sites excluding steroid dienone is 1. The zero-order valence-electron chi connectivity index (χ0n) is 4.92. The Morgan fingerprint density at radius 2 is 2.22 bits per heavy atom. The van der Waals surface area contributed by atoms with Crippen molar-refractivity contribution in [2.24, 2.45) is 0 Å². The maximum atomic E-state index is 12.3. The molecular weight excluding hydrogens is 123 g/mol. The van der Waals surface area contributed by atoms with Crippen LogP contribution in [0.15, 0.2) is 11.9 Å². The summed E-state index contributed by atoms with van der Waals surface area (Å²) in [7, 11) is 0. The maximum Gasteiger partial charge on any atom is 0.131 e.